The van der Waals surface area contributed by atoms with E-state index in [0.717, 1.165) is 0 Å². The van der Waals surface area contributed by atoms with Crippen molar-refractivity contribution in [1.82, 2.24) is 4.90 Å². The van der Waals surface area contributed by atoms with Crippen LogP contribution in [-0.2, 0) is 33.3 Å². The molecule has 0 aliphatic carbocycles. The molecule has 0 radical (unpaired) electrons. The minimum absolute atomic E-state index is 0.0865. The van der Waals surface area contributed by atoms with Crippen molar-refractivity contribution in [3.63, 3.8) is 0 Å². The van der Waals surface area contributed by atoms with E-state index < -0.39 is 102 Å². The second-order valence-corrected chi connectivity index (χ2v) is 16.7. The number of unbranched alkanes of at least 4 members (excludes halogenated alkanes) is 1. The molecule has 3 saturated heterocycles. The fraction of sp³-hybridized carbons (Fsp3) is 0.897. The highest BCUT2D eigenvalue weighted by atomic mass is 16.7. The Labute approximate surface area is 310 Å². The summed E-state index contributed by atoms with van der Waals surface area (Å²) in [5, 5.41) is 57.0. The highest BCUT2D eigenvalue weighted by Gasteiger charge is 2.52. The molecule has 0 spiro atoms. The molecule has 0 bridgehead atoms. The Morgan fingerprint density at radius 1 is 0.885 bits per heavy atom. The maximum absolute atomic E-state index is 14.2. The van der Waals surface area contributed by atoms with Gasteiger partial charge in [0.25, 0.3) is 0 Å². The fourth-order valence-electron chi connectivity index (χ4n) is 8.44. The summed E-state index contributed by atoms with van der Waals surface area (Å²) in [4.78, 5) is 30.0. The van der Waals surface area contributed by atoms with E-state index in [2.05, 4.69) is 5.92 Å². The van der Waals surface area contributed by atoms with Crippen molar-refractivity contribution < 1.29 is 58.8 Å². The zero-order chi connectivity index (χ0) is 39.5. The van der Waals surface area contributed by atoms with Gasteiger partial charge in [0.2, 0.25) is 0 Å². The molecule has 3 heterocycles. The van der Waals surface area contributed by atoms with E-state index in [1.807, 2.05) is 25.9 Å². The van der Waals surface area contributed by atoms with Crippen LogP contribution in [0.25, 0.3) is 0 Å². The molecular formula is C39H67NO12. The Morgan fingerprint density at radius 3 is 2.10 bits per heavy atom. The smallest absolute Gasteiger partial charge is 0.311 e. The van der Waals surface area contributed by atoms with Crippen molar-refractivity contribution in [2.45, 2.75) is 179 Å². The number of rotatable bonds is 8. The van der Waals surface area contributed by atoms with Gasteiger partial charge in [-0.1, -0.05) is 27.7 Å². The molecule has 3 fully saturated rings. The van der Waals surface area contributed by atoms with Gasteiger partial charge in [0.05, 0.1) is 47.6 Å². The van der Waals surface area contributed by atoms with Crippen molar-refractivity contribution in [3.8, 4) is 12.3 Å². The van der Waals surface area contributed by atoms with Crippen LogP contribution in [0.15, 0.2) is 0 Å². The third-order valence-electron chi connectivity index (χ3n) is 11.7. The predicted octanol–water partition coefficient (Wildman–Crippen LogP) is 2.41. The number of aliphatic hydroxyl groups excluding tert-OH is 3. The van der Waals surface area contributed by atoms with Crippen molar-refractivity contribution in [2.75, 3.05) is 14.1 Å². The highest BCUT2D eigenvalue weighted by molar-refractivity contribution is 5.83. The van der Waals surface area contributed by atoms with Gasteiger partial charge >= 0.3 is 5.97 Å². The van der Waals surface area contributed by atoms with Crippen LogP contribution < -0.4 is 0 Å². The lowest BCUT2D eigenvalue weighted by Gasteiger charge is -2.48. The first-order chi connectivity index (χ1) is 24.0. The van der Waals surface area contributed by atoms with E-state index in [1.54, 1.807) is 41.5 Å². The Kier molecular flexibility index (Phi) is 15.7. The number of hydrogen-bond donors (Lipinski definition) is 5. The number of terminal acetylenes is 1. The summed E-state index contributed by atoms with van der Waals surface area (Å²) in [7, 11) is 3.70. The van der Waals surface area contributed by atoms with Gasteiger partial charge in [0.15, 0.2) is 12.6 Å². The van der Waals surface area contributed by atoms with Crippen molar-refractivity contribution >= 4 is 11.8 Å². The van der Waals surface area contributed by atoms with Gasteiger partial charge in [-0.2, -0.15) is 0 Å². The molecule has 1 unspecified atom stereocenters. The summed E-state index contributed by atoms with van der Waals surface area (Å²) in [5.41, 5.74) is -3.34. The molecule has 3 aliphatic rings. The van der Waals surface area contributed by atoms with E-state index in [9.17, 15) is 35.1 Å². The number of ketones is 1. The molecule has 0 aromatic heterocycles. The monoisotopic (exact) mass is 741 g/mol. The topological polar surface area (TPSA) is 185 Å². The van der Waals surface area contributed by atoms with E-state index in [1.165, 1.54) is 13.8 Å². The predicted molar refractivity (Wildman–Crippen MR) is 192 cm³/mol. The minimum atomic E-state index is -1.77. The third-order valence-corrected chi connectivity index (χ3v) is 11.7. The maximum atomic E-state index is 14.2. The Bertz CT molecular complexity index is 1220. The molecule has 0 aromatic rings. The molecule has 300 valence electrons. The molecule has 18 atom stereocenters. The molecule has 13 heteroatoms. The number of aliphatic hydroxyl groups is 5. The van der Waals surface area contributed by atoms with Crippen LogP contribution in [-0.4, -0.2) is 135 Å². The average molecular weight is 742 g/mol. The van der Waals surface area contributed by atoms with Crippen LogP contribution in [0.4, 0.5) is 0 Å². The van der Waals surface area contributed by atoms with Crippen LogP contribution >= 0.6 is 0 Å². The summed E-state index contributed by atoms with van der Waals surface area (Å²) in [6.45, 7) is 14.9. The van der Waals surface area contributed by atoms with Crippen LogP contribution in [0.3, 0.4) is 0 Å². The number of cyclic esters (lactones) is 1. The van der Waals surface area contributed by atoms with Gasteiger partial charge in [-0.25, -0.2) is 0 Å². The quantitative estimate of drug-likeness (QED) is 0.139. The Morgan fingerprint density at radius 2 is 1.52 bits per heavy atom. The van der Waals surface area contributed by atoms with Crippen LogP contribution in [0.5, 0.6) is 0 Å². The fourth-order valence-corrected chi connectivity index (χ4v) is 8.44. The largest absolute Gasteiger partial charge is 0.462 e. The summed E-state index contributed by atoms with van der Waals surface area (Å²) >= 11 is 0. The summed E-state index contributed by atoms with van der Waals surface area (Å²) in [6.07, 6.45) is -2.78. The first-order valence-electron chi connectivity index (χ1n) is 19.0. The molecule has 52 heavy (non-hydrogen) atoms. The normalized spacial score (nSPS) is 47.4. The Balaban J connectivity index is 2.16. The molecule has 13 nitrogen and oxygen atoms in total. The van der Waals surface area contributed by atoms with E-state index in [0.29, 0.717) is 25.7 Å². The van der Waals surface area contributed by atoms with Gasteiger partial charge < -0.3 is 54.1 Å². The number of Topliss-reactive ketones (excluding diaryl/α,β-unsaturated/α-hetero) is 1. The third kappa shape index (κ3) is 10.5. The first kappa shape index (κ1) is 44.7. The summed E-state index contributed by atoms with van der Waals surface area (Å²) < 4.78 is 31.4. The van der Waals surface area contributed by atoms with Crippen molar-refractivity contribution in [1.29, 1.82) is 0 Å². The zero-order valence-corrected chi connectivity index (χ0v) is 33.1. The molecule has 3 rings (SSSR count). The minimum Gasteiger partial charge on any atom is -0.462 e. The van der Waals surface area contributed by atoms with Crippen molar-refractivity contribution in [3.05, 3.63) is 0 Å². The van der Waals surface area contributed by atoms with Gasteiger partial charge in [0, 0.05) is 42.6 Å². The molecule has 0 amide bonds. The summed E-state index contributed by atoms with van der Waals surface area (Å²) in [6, 6.07) is -0.324. The highest BCUT2D eigenvalue weighted by Crippen LogP contribution is 2.40. The van der Waals surface area contributed by atoms with Gasteiger partial charge in [0.1, 0.15) is 24.1 Å². The van der Waals surface area contributed by atoms with E-state index in [4.69, 9.17) is 30.1 Å². The lowest BCUT2D eigenvalue weighted by Crippen LogP contribution is -2.60. The number of likely N-dealkylation sites (N-methyl/N-ethyl adjacent to an activating group) is 1. The maximum Gasteiger partial charge on any atom is 0.311 e. The molecule has 3 aliphatic heterocycles. The SMILES string of the molecule is C#CCCC[C@H]1OC(=O)[C@H](C)[C@@H](O[C@H]2C[C@@](C)(O)[C@@H](O)[C@H](C)O2)[C@H](C)C(O[C@@H]2O[C@H](C)C[C@H](N(C)C)[C@H]2O)[C@](C)(O)C[C@@H](C)C(=O)[C@H](C)[C@@H](O)[C@H]1C. The van der Waals surface area contributed by atoms with Gasteiger partial charge in [-0.3, -0.25) is 9.59 Å². The van der Waals surface area contributed by atoms with Crippen LogP contribution in [0, 0.1) is 41.9 Å². The van der Waals surface area contributed by atoms with Crippen molar-refractivity contribution in [2.24, 2.45) is 29.6 Å². The van der Waals surface area contributed by atoms with E-state index >= 15 is 0 Å². The molecule has 5 N–H and O–H groups in total. The molecule has 0 saturated carbocycles. The second-order valence-electron chi connectivity index (χ2n) is 16.7. The van der Waals surface area contributed by atoms with Crippen LogP contribution in [0.1, 0.15) is 101 Å². The molecule has 0 aromatic carbocycles. The first-order valence-corrected chi connectivity index (χ1v) is 19.0. The number of nitrogens with zero attached hydrogens (tertiary/aromatic N) is 1. The van der Waals surface area contributed by atoms with Gasteiger partial charge in [-0.15, -0.1) is 12.3 Å². The van der Waals surface area contributed by atoms with Crippen LogP contribution in [0.2, 0.25) is 0 Å². The Hall–Kier alpha value is -1.70. The standard InChI is InChI=1S/C39H67NO12/c1-13-14-15-16-28-22(4)31(42)23(5)30(41)20(2)18-39(10,47)35(52-37-32(43)27(40(11)12)17-21(3)48-37)24(6)33(25(7)36(45)50-28)51-29-19-38(9,46)34(44)26(8)49-29/h1,20-29,31-35,37,42-44,46-47H,14-19H2,2-12H3/t20-,21-,22+,23+,24+,25-,26+,27+,28-,29+,31+,32-,33+,34+,35?,37+,38-,39-/m1/s1. The lowest BCUT2D eigenvalue weighted by molar-refractivity contribution is -0.316. The second kappa shape index (κ2) is 18.3. The number of carbonyl (C=O) groups is 2. The lowest BCUT2D eigenvalue weighted by atomic mass is 9.74. The van der Waals surface area contributed by atoms with E-state index in [-0.39, 0.29) is 30.8 Å². The average Bonchev–Trinajstić information content (AvgIpc) is 3.06. The number of carbonyl (C=O) groups excluding carboxylic acids is 2. The zero-order valence-electron chi connectivity index (χ0n) is 33.1. The number of hydrogen-bond acceptors (Lipinski definition) is 13. The molecular weight excluding hydrogens is 674 g/mol. The van der Waals surface area contributed by atoms with Gasteiger partial charge in [-0.05, 0) is 74.4 Å². The number of esters is 1. The number of ether oxygens (including phenoxy) is 5. The summed E-state index contributed by atoms with van der Waals surface area (Å²) in [5.74, 6) is -2.42.